The predicted molar refractivity (Wildman–Crippen MR) is 155 cm³/mol. The molecule has 3 aromatic rings. The Kier molecular flexibility index (Phi) is 8.36. The molecule has 1 heterocycles. The zero-order chi connectivity index (χ0) is 31.8. The van der Waals surface area contributed by atoms with Crippen molar-refractivity contribution >= 4 is 23.2 Å². The molecule has 43 heavy (non-hydrogen) atoms. The van der Waals surface area contributed by atoms with Crippen molar-refractivity contribution in [2.75, 3.05) is 17.2 Å². The lowest BCUT2D eigenvalue weighted by Crippen LogP contribution is -2.49. The highest BCUT2D eigenvalue weighted by Gasteiger charge is 2.43. The quantitative estimate of drug-likeness (QED) is 0.281. The van der Waals surface area contributed by atoms with E-state index >= 15 is 0 Å². The van der Waals surface area contributed by atoms with Crippen LogP contribution in [0.15, 0.2) is 60.7 Å². The molecule has 2 aliphatic rings. The summed E-state index contributed by atoms with van der Waals surface area (Å²) in [5, 5.41) is 5.83. The van der Waals surface area contributed by atoms with Crippen molar-refractivity contribution in [2.45, 2.75) is 64.2 Å². The van der Waals surface area contributed by atoms with E-state index in [-0.39, 0.29) is 30.1 Å². The van der Waals surface area contributed by atoms with Crippen molar-refractivity contribution in [3.8, 4) is 0 Å². The van der Waals surface area contributed by atoms with Crippen LogP contribution in [-0.4, -0.2) is 29.3 Å². The first-order valence-corrected chi connectivity index (χ1v) is 14.4. The monoisotopic (exact) mass is 600 g/mol. The van der Waals surface area contributed by atoms with Crippen LogP contribution in [0.4, 0.5) is 33.3 Å². The summed E-state index contributed by atoms with van der Waals surface area (Å²) in [6, 6.07) is 11.7. The number of nitrogens with zero attached hydrogens (tertiary/aromatic N) is 1. The Hall–Kier alpha value is -3.95. The van der Waals surface area contributed by atoms with E-state index in [0.29, 0.717) is 24.1 Å². The number of piperidine rings is 1. The van der Waals surface area contributed by atoms with Gasteiger partial charge in [-0.1, -0.05) is 44.0 Å². The Morgan fingerprint density at radius 1 is 0.953 bits per heavy atom. The largest absolute Gasteiger partial charge is 0.416 e. The van der Waals surface area contributed by atoms with E-state index in [1.807, 2.05) is 0 Å². The van der Waals surface area contributed by atoms with Gasteiger partial charge in [0.25, 0.3) is 5.91 Å². The second-order valence-electron chi connectivity index (χ2n) is 11.5. The summed E-state index contributed by atoms with van der Waals surface area (Å²) in [4.78, 5) is 28.9. The molecule has 2 fully saturated rings. The molecule has 3 aromatic carbocycles. The van der Waals surface area contributed by atoms with Crippen molar-refractivity contribution in [2.24, 2.45) is 11.8 Å². The molecule has 2 amide bonds. The van der Waals surface area contributed by atoms with E-state index in [1.54, 1.807) is 31.2 Å². The lowest BCUT2D eigenvalue weighted by atomic mass is 9.79. The molecule has 0 unspecified atom stereocenters. The molecule has 0 spiro atoms. The summed E-state index contributed by atoms with van der Waals surface area (Å²) < 4.78 is 78.9. The van der Waals surface area contributed by atoms with Crippen molar-refractivity contribution in [1.82, 2.24) is 4.90 Å². The van der Waals surface area contributed by atoms with Gasteiger partial charge >= 0.3 is 6.18 Å². The Morgan fingerprint density at radius 3 is 2.21 bits per heavy atom. The number of carbonyl (C=O) groups is 2. The summed E-state index contributed by atoms with van der Waals surface area (Å²) in [5.41, 5.74) is -0.488. The third-order valence-electron chi connectivity index (χ3n) is 8.25. The minimum Gasteiger partial charge on any atom is -0.382 e. The van der Waals surface area contributed by atoms with Gasteiger partial charge in [-0.25, -0.2) is 8.78 Å². The van der Waals surface area contributed by atoms with Gasteiger partial charge in [0.2, 0.25) is 5.91 Å². The summed E-state index contributed by atoms with van der Waals surface area (Å²) in [5.74, 6) is -4.85. The number of benzene rings is 3. The number of amides is 2. The molecule has 2 N–H and O–H groups in total. The minimum absolute atomic E-state index is 0.00381. The summed E-state index contributed by atoms with van der Waals surface area (Å²) in [6.07, 6.45) is -1.06. The third-order valence-corrected chi connectivity index (χ3v) is 8.25. The summed E-state index contributed by atoms with van der Waals surface area (Å²) in [6.45, 7) is 3.22. The van der Waals surface area contributed by atoms with Crippen molar-refractivity contribution in [3.63, 3.8) is 0 Å². The van der Waals surface area contributed by atoms with E-state index in [9.17, 15) is 31.5 Å². The third kappa shape index (κ3) is 6.68. The molecule has 1 saturated heterocycles. The number of hydrogen-bond acceptors (Lipinski definition) is 3. The number of hydrogen-bond donors (Lipinski definition) is 2. The number of halogens is 5. The van der Waals surface area contributed by atoms with Gasteiger partial charge in [-0.15, -0.1) is 0 Å². The van der Waals surface area contributed by atoms with Crippen LogP contribution in [-0.2, 0) is 11.0 Å². The molecule has 0 radical (unpaired) electrons. The lowest BCUT2D eigenvalue weighted by molar-refractivity contribution is -0.138. The molecule has 1 aliphatic heterocycles. The van der Waals surface area contributed by atoms with Gasteiger partial charge in [0.15, 0.2) is 0 Å². The molecule has 228 valence electrons. The van der Waals surface area contributed by atoms with Crippen LogP contribution >= 0.6 is 0 Å². The molecular formula is C33H34F5N3O2. The number of rotatable bonds is 6. The van der Waals surface area contributed by atoms with Crippen LogP contribution in [0.5, 0.6) is 0 Å². The van der Waals surface area contributed by atoms with Crippen LogP contribution in [0.2, 0.25) is 0 Å². The van der Waals surface area contributed by atoms with Crippen molar-refractivity contribution in [3.05, 3.63) is 94.6 Å². The molecule has 10 heteroatoms. The Balaban J connectivity index is 1.52. The molecule has 3 atom stereocenters. The maximum atomic E-state index is 14.8. The highest BCUT2D eigenvalue weighted by atomic mass is 19.4. The number of likely N-dealkylation sites (tertiary alicyclic amines) is 1. The number of aryl methyl sites for hydroxylation is 1. The van der Waals surface area contributed by atoms with Crippen LogP contribution in [0, 0.1) is 30.4 Å². The van der Waals surface area contributed by atoms with Crippen LogP contribution < -0.4 is 10.6 Å². The van der Waals surface area contributed by atoms with Crippen molar-refractivity contribution < 1.29 is 32.9 Å². The molecular weight excluding hydrogens is 565 g/mol. The SMILES string of the molecule is [2H]C1(Nc2ccc([C@H]3[C@@H](C(=O)Nc4ccc(C)c(C(F)(F)F)c4)C[C@@H](C)CN3C(=O)c3c(F)cccc3F)cc2)CCCC1. The van der Waals surface area contributed by atoms with E-state index in [4.69, 9.17) is 1.37 Å². The Labute approximate surface area is 248 Å². The van der Waals surface area contributed by atoms with Crippen molar-refractivity contribution in [1.29, 1.82) is 0 Å². The maximum Gasteiger partial charge on any atom is 0.416 e. The molecule has 0 aromatic heterocycles. The van der Waals surface area contributed by atoms with Crippen LogP contribution in [0.1, 0.15) is 73.5 Å². The zero-order valence-electron chi connectivity index (χ0n) is 24.9. The van der Waals surface area contributed by atoms with Gasteiger partial charge in [-0.2, -0.15) is 13.2 Å². The van der Waals surface area contributed by atoms with E-state index < -0.39 is 58.7 Å². The highest BCUT2D eigenvalue weighted by molar-refractivity contribution is 5.97. The fourth-order valence-electron chi connectivity index (χ4n) is 6.16. The Bertz CT molecular complexity index is 1520. The molecule has 5 rings (SSSR count). The van der Waals surface area contributed by atoms with E-state index in [2.05, 4.69) is 10.6 Å². The molecule has 1 aliphatic carbocycles. The number of nitrogens with one attached hydrogen (secondary N) is 2. The fraction of sp³-hybridized carbons (Fsp3) is 0.394. The topological polar surface area (TPSA) is 61.4 Å². The molecule has 1 saturated carbocycles. The second-order valence-corrected chi connectivity index (χ2v) is 11.5. The standard InChI is InChI=1S/C33H34F5N3O2/c1-19-16-25(31(42)40-24-13-10-20(2)26(17-24)33(36,37)38)30(21-11-14-23(15-12-21)39-22-6-3-4-7-22)41(18-19)32(43)29-27(34)8-5-9-28(29)35/h5,8-15,17,19,22,25,30,39H,3-4,6-7,16,18H2,1-2H3,(H,40,42)/t19-,25+,30+/m1/s1/i22D. The first-order valence-electron chi connectivity index (χ1n) is 14.9. The zero-order valence-corrected chi connectivity index (χ0v) is 23.9. The lowest BCUT2D eigenvalue weighted by Gasteiger charge is -2.43. The minimum atomic E-state index is -4.62. The van der Waals surface area contributed by atoms with Crippen LogP contribution in [0.3, 0.4) is 0 Å². The van der Waals surface area contributed by atoms with Gasteiger partial charge in [0.1, 0.15) is 17.2 Å². The number of anilines is 2. The molecule has 5 nitrogen and oxygen atoms in total. The van der Waals surface area contributed by atoms with E-state index in [1.165, 1.54) is 24.0 Å². The summed E-state index contributed by atoms with van der Waals surface area (Å²) >= 11 is 0. The highest BCUT2D eigenvalue weighted by Crippen LogP contribution is 2.41. The normalized spacial score (nSPS) is 22.2. The Morgan fingerprint density at radius 2 is 1.58 bits per heavy atom. The fourth-order valence-corrected chi connectivity index (χ4v) is 6.16. The number of alkyl halides is 3. The van der Waals surface area contributed by atoms with Gasteiger partial charge < -0.3 is 15.5 Å². The average molecular weight is 601 g/mol. The first-order chi connectivity index (χ1) is 20.8. The van der Waals surface area contributed by atoms with Gasteiger partial charge in [-0.05, 0) is 79.6 Å². The van der Waals surface area contributed by atoms with E-state index in [0.717, 1.165) is 37.1 Å². The maximum absolute atomic E-state index is 14.8. The first kappa shape index (κ1) is 29.1. The van der Waals surface area contributed by atoms with Gasteiger partial charge in [0.05, 0.1) is 18.9 Å². The van der Waals surface area contributed by atoms with Gasteiger partial charge in [0, 0.05) is 23.9 Å². The predicted octanol–water partition coefficient (Wildman–Crippen LogP) is 8.12. The van der Waals surface area contributed by atoms with Gasteiger partial charge in [-0.3, -0.25) is 9.59 Å². The number of carbonyl (C=O) groups excluding carboxylic acids is 2. The average Bonchev–Trinajstić information content (AvgIpc) is 3.39. The summed E-state index contributed by atoms with van der Waals surface area (Å²) in [7, 11) is 0. The molecule has 0 bridgehead atoms. The second kappa shape index (κ2) is 12.3. The van der Waals surface area contributed by atoms with Crippen LogP contribution in [0.25, 0.3) is 0 Å². The smallest absolute Gasteiger partial charge is 0.382 e.